The van der Waals surface area contributed by atoms with Gasteiger partial charge in [0, 0.05) is 5.70 Å². The summed E-state index contributed by atoms with van der Waals surface area (Å²) in [6, 6.07) is 5.91. The number of aryl methyl sites for hydroxylation is 2. The molecular formula is C13H17NO2. The first kappa shape index (κ1) is 12.3. The predicted octanol–water partition coefficient (Wildman–Crippen LogP) is 2.17. The van der Waals surface area contributed by atoms with Gasteiger partial charge >= 0.3 is 5.97 Å². The summed E-state index contributed by atoms with van der Waals surface area (Å²) in [4.78, 5) is 11.7. The topological polar surface area (TPSA) is 52.3 Å². The van der Waals surface area contributed by atoms with Gasteiger partial charge in [0.15, 0.2) is 0 Å². The van der Waals surface area contributed by atoms with Gasteiger partial charge in [-0.3, -0.25) is 0 Å². The van der Waals surface area contributed by atoms with Crippen LogP contribution in [0.2, 0.25) is 0 Å². The van der Waals surface area contributed by atoms with Crippen LogP contribution < -0.4 is 5.73 Å². The summed E-state index contributed by atoms with van der Waals surface area (Å²) in [5, 5.41) is 0. The Balaban J connectivity index is 3.39. The molecule has 3 nitrogen and oxygen atoms in total. The van der Waals surface area contributed by atoms with E-state index in [9.17, 15) is 4.79 Å². The zero-order chi connectivity index (χ0) is 12.3. The third-order valence-corrected chi connectivity index (χ3v) is 2.45. The molecule has 1 aromatic rings. The summed E-state index contributed by atoms with van der Waals surface area (Å²) < 4.78 is 4.75. The van der Waals surface area contributed by atoms with E-state index in [1.54, 1.807) is 6.92 Å². The number of ether oxygens (including phenoxy) is 1. The molecule has 0 aliphatic heterocycles. The molecule has 0 radical (unpaired) electrons. The molecule has 0 spiro atoms. The lowest BCUT2D eigenvalue weighted by atomic mass is 9.97. The van der Waals surface area contributed by atoms with E-state index in [0.29, 0.717) is 11.3 Å². The number of carbonyl (C=O) groups is 1. The monoisotopic (exact) mass is 219 g/mol. The molecule has 0 saturated carbocycles. The molecule has 0 aliphatic carbocycles. The van der Waals surface area contributed by atoms with Crippen LogP contribution in [0.4, 0.5) is 0 Å². The van der Waals surface area contributed by atoms with Gasteiger partial charge in [0.2, 0.25) is 0 Å². The first-order valence-corrected chi connectivity index (χ1v) is 5.09. The van der Waals surface area contributed by atoms with Gasteiger partial charge in [-0.15, -0.1) is 0 Å². The Labute approximate surface area is 95.9 Å². The highest BCUT2D eigenvalue weighted by Crippen LogP contribution is 2.23. The van der Waals surface area contributed by atoms with Gasteiger partial charge in [0.25, 0.3) is 0 Å². The fourth-order valence-corrected chi connectivity index (χ4v) is 1.59. The van der Waals surface area contributed by atoms with Crippen molar-refractivity contribution in [3.63, 3.8) is 0 Å². The summed E-state index contributed by atoms with van der Waals surface area (Å²) in [6.45, 7) is 5.62. The van der Waals surface area contributed by atoms with Gasteiger partial charge < -0.3 is 10.5 Å². The lowest BCUT2D eigenvalue weighted by molar-refractivity contribution is -0.133. The highest BCUT2D eigenvalue weighted by Gasteiger charge is 2.16. The molecular weight excluding hydrogens is 202 g/mol. The fraction of sp³-hybridized carbons (Fsp3) is 0.308. The first-order valence-electron chi connectivity index (χ1n) is 5.09. The maximum absolute atomic E-state index is 11.7. The highest BCUT2D eigenvalue weighted by molar-refractivity contribution is 6.17. The first-order chi connectivity index (χ1) is 7.47. The number of esters is 1. The maximum Gasteiger partial charge on any atom is 0.340 e. The summed E-state index contributed by atoms with van der Waals surface area (Å²) >= 11 is 0. The van der Waals surface area contributed by atoms with E-state index < -0.39 is 5.97 Å². The van der Waals surface area contributed by atoms with E-state index in [1.165, 1.54) is 7.11 Å². The van der Waals surface area contributed by atoms with Gasteiger partial charge in [0.05, 0.1) is 12.7 Å². The molecule has 16 heavy (non-hydrogen) atoms. The van der Waals surface area contributed by atoms with Crippen molar-refractivity contribution in [3.05, 3.63) is 40.6 Å². The lowest BCUT2D eigenvalue weighted by Gasteiger charge is -2.11. The molecule has 0 amide bonds. The quantitative estimate of drug-likeness (QED) is 0.612. The molecule has 2 N–H and O–H groups in total. The Bertz CT molecular complexity index is 443. The molecule has 0 atom stereocenters. The van der Waals surface area contributed by atoms with Crippen molar-refractivity contribution in [3.8, 4) is 0 Å². The molecule has 1 rings (SSSR count). The predicted molar refractivity (Wildman–Crippen MR) is 64.7 cm³/mol. The van der Waals surface area contributed by atoms with E-state index >= 15 is 0 Å². The molecule has 0 aliphatic rings. The van der Waals surface area contributed by atoms with Crippen LogP contribution in [0.25, 0.3) is 5.57 Å². The highest BCUT2D eigenvalue weighted by atomic mass is 16.5. The number of carbonyl (C=O) groups excluding carboxylic acids is 1. The number of methoxy groups -OCH3 is 1. The van der Waals surface area contributed by atoms with Crippen molar-refractivity contribution in [1.82, 2.24) is 0 Å². The average Bonchev–Trinajstić information content (AvgIpc) is 2.22. The van der Waals surface area contributed by atoms with Crippen molar-refractivity contribution < 1.29 is 9.53 Å². The smallest absolute Gasteiger partial charge is 0.340 e. The molecule has 1 aromatic carbocycles. The van der Waals surface area contributed by atoms with Gasteiger partial charge in [-0.2, -0.15) is 0 Å². The van der Waals surface area contributed by atoms with Crippen LogP contribution in [-0.2, 0) is 9.53 Å². The van der Waals surface area contributed by atoms with Crippen molar-refractivity contribution in [2.24, 2.45) is 5.73 Å². The van der Waals surface area contributed by atoms with E-state index in [4.69, 9.17) is 10.5 Å². The Morgan fingerprint density at radius 2 is 1.94 bits per heavy atom. The Morgan fingerprint density at radius 3 is 2.44 bits per heavy atom. The van der Waals surface area contributed by atoms with Gasteiger partial charge in [-0.05, 0) is 31.9 Å². The molecule has 0 aromatic heterocycles. The van der Waals surface area contributed by atoms with E-state index in [2.05, 4.69) is 0 Å². The molecule has 0 bridgehead atoms. The SMILES string of the molecule is COC(=O)/C(=C(/C)N)c1cc(C)ccc1C. The van der Waals surface area contributed by atoms with Crippen LogP contribution in [-0.4, -0.2) is 13.1 Å². The summed E-state index contributed by atoms with van der Waals surface area (Å²) in [5.41, 5.74) is 9.60. The number of hydrogen-bond acceptors (Lipinski definition) is 3. The number of allylic oxidation sites excluding steroid dienone is 1. The Morgan fingerprint density at radius 1 is 1.31 bits per heavy atom. The third kappa shape index (κ3) is 2.42. The van der Waals surface area contributed by atoms with Crippen LogP contribution in [0.15, 0.2) is 23.9 Å². The minimum atomic E-state index is -0.395. The van der Waals surface area contributed by atoms with Crippen LogP contribution in [0.3, 0.4) is 0 Å². The summed E-state index contributed by atoms with van der Waals surface area (Å²) in [6.07, 6.45) is 0. The van der Waals surface area contributed by atoms with Crippen molar-refractivity contribution >= 4 is 11.5 Å². The minimum absolute atomic E-state index is 0.395. The molecule has 0 fully saturated rings. The molecule has 86 valence electrons. The third-order valence-electron chi connectivity index (χ3n) is 2.45. The fourth-order valence-electron chi connectivity index (χ4n) is 1.59. The van der Waals surface area contributed by atoms with E-state index in [-0.39, 0.29) is 0 Å². The second kappa shape index (κ2) is 4.84. The van der Waals surface area contributed by atoms with Gasteiger partial charge in [-0.1, -0.05) is 23.8 Å². The zero-order valence-electron chi connectivity index (χ0n) is 10.1. The molecule has 0 saturated heterocycles. The van der Waals surface area contributed by atoms with Crippen LogP contribution in [0.1, 0.15) is 23.6 Å². The van der Waals surface area contributed by atoms with Crippen LogP contribution in [0, 0.1) is 13.8 Å². The Hall–Kier alpha value is -1.77. The molecule has 0 heterocycles. The van der Waals surface area contributed by atoms with Crippen LogP contribution >= 0.6 is 0 Å². The number of rotatable bonds is 2. The second-order valence-electron chi connectivity index (χ2n) is 3.87. The largest absolute Gasteiger partial charge is 0.465 e. The zero-order valence-corrected chi connectivity index (χ0v) is 10.1. The number of nitrogens with two attached hydrogens (primary N) is 1. The summed E-state index contributed by atoms with van der Waals surface area (Å²) in [5.74, 6) is -0.395. The summed E-state index contributed by atoms with van der Waals surface area (Å²) in [7, 11) is 1.36. The van der Waals surface area contributed by atoms with Crippen molar-refractivity contribution in [2.75, 3.05) is 7.11 Å². The van der Waals surface area contributed by atoms with E-state index in [0.717, 1.165) is 16.7 Å². The number of hydrogen-bond donors (Lipinski definition) is 1. The standard InChI is InChI=1S/C13H17NO2/c1-8-5-6-9(2)11(7-8)12(10(3)14)13(15)16-4/h5-7H,14H2,1-4H3/b12-10-. The lowest BCUT2D eigenvalue weighted by Crippen LogP contribution is -2.11. The normalized spacial score (nSPS) is 12.0. The van der Waals surface area contributed by atoms with Gasteiger partial charge in [-0.25, -0.2) is 4.79 Å². The van der Waals surface area contributed by atoms with Crippen LogP contribution in [0.5, 0.6) is 0 Å². The molecule has 3 heteroatoms. The van der Waals surface area contributed by atoms with Gasteiger partial charge in [0.1, 0.15) is 0 Å². The molecule has 0 unspecified atom stereocenters. The average molecular weight is 219 g/mol. The van der Waals surface area contributed by atoms with Crippen molar-refractivity contribution in [1.29, 1.82) is 0 Å². The second-order valence-corrected chi connectivity index (χ2v) is 3.87. The number of benzene rings is 1. The van der Waals surface area contributed by atoms with Crippen molar-refractivity contribution in [2.45, 2.75) is 20.8 Å². The maximum atomic E-state index is 11.7. The Kier molecular flexibility index (Phi) is 3.72. The minimum Gasteiger partial charge on any atom is -0.465 e. The van der Waals surface area contributed by atoms with E-state index in [1.807, 2.05) is 32.0 Å².